The van der Waals surface area contributed by atoms with Crippen LogP contribution in [0.15, 0.2) is 0 Å². The highest BCUT2D eigenvalue weighted by Gasteiger charge is 2.10. The molecule has 0 rings (SSSR count). The van der Waals surface area contributed by atoms with Gasteiger partial charge in [0.1, 0.15) is 5.78 Å². The number of nitrogens with one attached hydrogen (secondary N) is 1. The van der Waals surface area contributed by atoms with Crippen LogP contribution in [0.25, 0.3) is 0 Å². The molecule has 2 heteroatoms. The molecule has 0 bridgehead atoms. The average molecular weight is 171 g/mol. The smallest absolute Gasteiger partial charge is 0.149 e. The van der Waals surface area contributed by atoms with E-state index in [0.717, 1.165) is 12.8 Å². The van der Waals surface area contributed by atoms with Gasteiger partial charge in [-0.05, 0) is 6.42 Å². The Balaban J connectivity index is 3.57. The first-order chi connectivity index (χ1) is 5.57. The highest BCUT2D eigenvalue weighted by atomic mass is 16.1. The molecule has 0 saturated carbocycles. The zero-order valence-electron chi connectivity index (χ0n) is 8.68. The molecule has 1 N–H and O–H groups in total. The van der Waals surface area contributed by atoms with Crippen molar-refractivity contribution in [3.8, 4) is 0 Å². The van der Waals surface area contributed by atoms with Crippen molar-refractivity contribution in [2.75, 3.05) is 6.54 Å². The normalized spacial score (nSPS) is 13.4. The molecule has 12 heavy (non-hydrogen) atoms. The predicted octanol–water partition coefficient (Wildman–Crippen LogP) is 1.99. The van der Waals surface area contributed by atoms with Crippen LogP contribution in [0.4, 0.5) is 0 Å². The Bertz CT molecular complexity index is 132. The summed E-state index contributed by atoms with van der Waals surface area (Å²) in [5, 5.41) is 3.14. The Kier molecular flexibility index (Phi) is 5.99. The third-order valence-corrected chi connectivity index (χ3v) is 1.96. The van der Waals surface area contributed by atoms with E-state index in [1.807, 2.05) is 6.92 Å². The molecule has 1 unspecified atom stereocenters. The second-order valence-electron chi connectivity index (χ2n) is 3.69. The second kappa shape index (κ2) is 6.18. The lowest BCUT2D eigenvalue weighted by Crippen LogP contribution is -2.31. The summed E-state index contributed by atoms with van der Waals surface area (Å²) in [6.45, 7) is 8.75. The average Bonchev–Trinajstić information content (AvgIpc) is 2.00. The van der Waals surface area contributed by atoms with Crippen molar-refractivity contribution in [3.63, 3.8) is 0 Å². The molecule has 0 heterocycles. The van der Waals surface area contributed by atoms with E-state index in [1.54, 1.807) is 0 Å². The van der Waals surface area contributed by atoms with E-state index in [9.17, 15) is 4.79 Å². The molecule has 0 aromatic rings. The van der Waals surface area contributed by atoms with Gasteiger partial charge >= 0.3 is 0 Å². The van der Waals surface area contributed by atoms with Crippen LogP contribution in [0, 0.1) is 5.92 Å². The highest BCUT2D eigenvalue weighted by Crippen LogP contribution is 2.05. The van der Waals surface area contributed by atoms with E-state index < -0.39 is 0 Å². The second-order valence-corrected chi connectivity index (χ2v) is 3.69. The maximum absolute atomic E-state index is 11.4. The first-order valence-corrected chi connectivity index (χ1v) is 4.84. The van der Waals surface area contributed by atoms with Gasteiger partial charge < -0.3 is 5.32 Å². The molecule has 2 nitrogen and oxygen atoms in total. The topological polar surface area (TPSA) is 29.1 Å². The van der Waals surface area contributed by atoms with Gasteiger partial charge in [0.2, 0.25) is 0 Å². The van der Waals surface area contributed by atoms with Crippen molar-refractivity contribution in [3.05, 3.63) is 0 Å². The Labute approximate surface area is 75.7 Å². The molecular formula is C10H21NO. The Morgan fingerprint density at radius 3 is 2.33 bits per heavy atom. The zero-order chi connectivity index (χ0) is 9.56. The zero-order valence-corrected chi connectivity index (χ0v) is 8.68. The summed E-state index contributed by atoms with van der Waals surface area (Å²) in [5.74, 6) is 0.562. The first kappa shape index (κ1) is 11.6. The fraction of sp³-hybridized carbons (Fsp3) is 0.900. The van der Waals surface area contributed by atoms with Crippen molar-refractivity contribution in [1.82, 2.24) is 5.32 Å². The summed E-state index contributed by atoms with van der Waals surface area (Å²) < 4.78 is 0. The Morgan fingerprint density at radius 2 is 1.92 bits per heavy atom. The SMILES string of the molecule is CCCC(C)C(=O)CNC(C)C. The lowest BCUT2D eigenvalue weighted by Gasteiger charge is -2.11. The van der Waals surface area contributed by atoms with Crippen LogP contribution in [-0.2, 0) is 4.79 Å². The number of carbonyl (C=O) groups is 1. The molecule has 0 radical (unpaired) electrons. The van der Waals surface area contributed by atoms with Gasteiger partial charge in [0.15, 0.2) is 0 Å². The van der Waals surface area contributed by atoms with Gasteiger partial charge in [0.05, 0.1) is 6.54 Å². The monoisotopic (exact) mass is 171 g/mol. The molecular weight excluding hydrogens is 150 g/mol. The van der Waals surface area contributed by atoms with Gasteiger partial charge in [0.25, 0.3) is 0 Å². The molecule has 0 aromatic heterocycles. The molecule has 0 aromatic carbocycles. The number of Topliss-reactive ketones (excluding diaryl/α,β-unsaturated/α-hetero) is 1. The van der Waals surface area contributed by atoms with Crippen LogP contribution < -0.4 is 5.32 Å². The number of rotatable bonds is 6. The van der Waals surface area contributed by atoms with E-state index in [2.05, 4.69) is 26.1 Å². The summed E-state index contributed by atoms with van der Waals surface area (Å²) in [6.07, 6.45) is 2.10. The number of carbonyl (C=O) groups excluding carboxylic acids is 1. The van der Waals surface area contributed by atoms with E-state index in [-0.39, 0.29) is 5.92 Å². The van der Waals surface area contributed by atoms with Crippen LogP contribution >= 0.6 is 0 Å². The third-order valence-electron chi connectivity index (χ3n) is 1.96. The Hall–Kier alpha value is -0.370. The summed E-state index contributed by atoms with van der Waals surface area (Å²) in [7, 11) is 0. The number of hydrogen-bond donors (Lipinski definition) is 1. The van der Waals surface area contributed by atoms with E-state index >= 15 is 0 Å². The summed E-state index contributed by atoms with van der Waals surface area (Å²) in [4.78, 5) is 11.4. The molecule has 1 atom stereocenters. The van der Waals surface area contributed by atoms with Crippen molar-refractivity contribution in [2.24, 2.45) is 5.92 Å². The molecule has 0 saturated heterocycles. The van der Waals surface area contributed by atoms with Crippen LogP contribution in [0.1, 0.15) is 40.5 Å². The van der Waals surface area contributed by atoms with E-state index in [0.29, 0.717) is 18.4 Å². The first-order valence-electron chi connectivity index (χ1n) is 4.84. The summed E-state index contributed by atoms with van der Waals surface area (Å²) in [5.41, 5.74) is 0. The fourth-order valence-corrected chi connectivity index (χ4v) is 1.07. The molecule has 0 aliphatic heterocycles. The third kappa shape index (κ3) is 5.30. The molecule has 0 fully saturated rings. The summed E-state index contributed by atoms with van der Waals surface area (Å²) >= 11 is 0. The van der Waals surface area contributed by atoms with Crippen molar-refractivity contribution >= 4 is 5.78 Å². The minimum absolute atomic E-state index is 0.223. The van der Waals surface area contributed by atoms with Crippen molar-refractivity contribution in [2.45, 2.75) is 46.6 Å². The van der Waals surface area contributed by atoms with Gasteiger partial charge in [-0.1, -0.05) is 34.1 Å². The Morgan fingerprint density at radius 1 is 1.33 bits per heavy atom. The van der Waals surface area contributed by atoms with Gasteiger partial charge in [-0.2, -0.15) is 0 Å². The maximum atomic E-state index is 11.4. The standard InChI is InChI=1S/C10H21NO/c1-5-6-9(4)10(12)7-11-8(2)3/h8-9,11H,5-7H2,1-4H3. The van der Waals surface area contributed by atoms with Crippen LogP contribution in [0.2, 0.25) is 0 Å². The molecule has 0 amide bonds. The number of hydrogen-bond acceptors (Lipinski definition) is 2. The molecule has 0 aliphatic rings. The fourth-order valence-electron chi connectivity index (χ4n) is 1.07. The minimum Gasteiger partial charge on any atom is -0.308 e. The van der Waals surface area contributed by atoms with Crippen molar-refractivity contribution < 1.29 is 4.79 Å². The maximum Gasteiger partial charge on any atom is 0.149 e. The van der Waals surface area contributed by atoms with Crippen LogP contribution in [-0.4, -0.2) is 18.4 Å². The van der Waals surface area contributed by atoms with Gasteiger partial charge in [0, 0.05) is 12.0 Å². The van der Waals surface area contributed by atoms with E-state index in [4.69, 9.17) is 0 Å². The van der Waals surface area contributed by atoms with Crippen LogP contribution in [0.5, 0.6) is 0 Å². The quantitative estimate of drug-likeness (QED) is 0.662. The van der Waals surface area contributed by atoms with Gasteiger partial charge in [-0.3, -0.25) is 4.79 Å². The molecule has 72 valence electrons. The lowest BCUT2D eigenvalue weighted by atomic mass is 10.0. The minimum atomic E-state index is 0.223. The molecule has 0 aliphatic carbocycles. The van der Waals surface area contributed by atoms with Crippen molar-refractivity contribution in [1.29, 1.82) is 0 Å². The lowest BCUT2D eigenvalue weighted by molar-refractivity contribution is -0.121. The van der Waals surface area contributed by atoms with Crippen LogP contribution in [0.3, 0.4) is 0 Å². The van der Waals surface area contributed by atoms with Gasteiger partial charge in [-0.15, -0.1) is 0 Å². The molecule has 0 spiro atoms. The largest absolute Gasteiger partial charge is 0.308 e. The van der Waals surface area contributed by atoms with Gasteiger partial charge in [-0.25, -0.2) is 0 Å². The predicted molar refractivity (Wildman–Crippen MR) is 52.2 cm³/mol. The summed E-state index contributed by atoms with van der Waals surface area (Å²) in [6, 6.07) is 0.405. The number of ketones is 1. The van der Waals surface area contributed by atoms with E-state index in [1.165, 1.54) is 0 Å². The highest BCUT2D eigenvalue weighted by molar-refractivity contribution is 5.82.